The summed E-state index contributed by atoms with van der Waals surface area (Å²) in [7, 11) is 0. The van der Waals surface area contributed by atoms with E-state index < -0.39 is 0 Å². The van der Waals surface area contributed by atoms with E-state index in [2.05, 4.69) is 178 Å². The third kappa shape index (κ3) is 3.87. The molecule has 6 aromatic carbocycles. The second-order valence-corrected chi connectivity index (χ2v) is 12.5. The molecule has 0 N–H and O–H groups in total. The molecule has 0 bridgehead atoms. The van der Waals surface area contributed by atoms with Crippen molar-refractivity contribution in [3.05, 3.63) is 169 Å². The van der Waals surface area contributed by atoms with Crippen LogP contribution in [0, 0.1) is 0 Å². The summed E-state index contributed by atoms with van der Waals surface area (Å²) in [6, 6.07) is 55.2. The van der Waals surface area contributed by atoms with Crippen LogP contribution in [-0.2, 0) is 6.42 Å². The maximum absolute atomic E-state index is 2.46. The molecule has 47 heavy (non-hydrogen) atoms. The highest BCUT2D eigenvalue weighted by Gasteiger charge is 2.23. The summed E-state index contributed by atoms with van der Waals surface area (Å²) in [6.07, 6.45) is 6.76. The van der Waals surface area contributed by atoms with Crippen molar-refractivity contribution in [2.75, 3.05) is 0 Å². The van der Waals surface area contributed by atoms with Gasteiger partial charge in [-0.3, -0.25) is 9.13 Å². The lowest BCUT2D eigenvalue weighted by molar-refractivity contribution is 0.888. The van der Waals surface area contributed by atoms with Crippen LogP contribution >= 0.6 is 0 Å². The second kappa shape index (κ2) is 10.2. The van der Waals surface area contributed by atoms with E-state index >= 15 is 0 Å². The second-order valence-electron chi connectivity index (χ2n) is 12.5. The highest BCUT2D eigenvalue weighted by molar-refractivity contribution is 6.22. The maximum Gasteiger partial charge on any atom is 0.131 e. The quantitative estimate of drug-likeness (QED) is 0.191. The van der Waals surface area contributed by atoms with E-state index in [9.17, 15) is 0 Å². The van der Waals surface area contributed by atoms with E-state index in [0.717, 1.165) is 24.2 Å². The van der Waals surface area contributed by atoms with Crippen LogP contribution in [-0.4, -0.2) is 13.7 Å². The molecule has 0 radical (unpaired) electrons. The SMILES string of the molecule is C1=Cc2c(n(-c3ccccc3)c3ccc(-c4cccc(-n5c6ccccc6c6c7ccccc7n(-c7ccccc7)c65)c4)cc23)CC1. The summed E-state index contributed by atoms with van der Waals surface area (Å²) < 4.78 is 7.34. The largest absolute Gasteiger partial charge is 0.313 e. The van der Waals surface area contributed by atoms with Gasteiger partial charge >= 0.3 is 0 Å². The van der Waals surface area contributed by atoms with Crippen molar-refractivity contribution in [1.29, 1.82) is 0 Å². The van der Waals surface area contributed by atoms with E-state index in [1.165, 1.54) is 71.8 Å². The monoisotopic (exact) mass is 601 g/mol. The fourth-order valence-electron chi connectivity index (χ4n) is 7.90. The lowest BCUT2D eigenvalue weighted by atomic mass is 9.99. The van der Waals surface area contributed by atoms with Crippen molar-refractivity contribution in [1.82, 2.24) is 13.7 Å². The van der Waals surface area contributed by atoms with E-state index in [-0.39, 0.29) is 0 Å². The molecule has 0 spiro atoms. The van der Waals surface area contributed by atoms with E-state index in [4.69, 9.17) is 0 Å². The van der Waals surface area contributed by atoms with Gasteiger partial charge in [-0.15, -0.1) is 0 Å². The zero-order chi connectivity index (χ0) is 30.9. The molecular formula is C44H31N3. The first kappa shape index (κ1) is 26.2. The van der Waals surface area contributed by atoms with Gasteiger partial charge in [-0.25, -0.2) is 0 Å². The Morgan fingerprint density at radius 3 is 1.72 bits per heavy atom. The van der Waals surface area contributed by atoms with Gasteiger partial charge in [0.25, 0.3) is 0 Å². The van der Waals surface area contributed by atoms with Crippen LogP contribution in [0.4, 0.5) is 0 Å². The van der Waals surface area contributed by atoms with Gasteiger partial charge < -0.3 is 4.57 Å². The summed E-state index contributed by atoms with van der Waals surface area (Å²) in [5.74, 6) is 0. The Morgan fingerprint density at radius 2 is 1.00 bits per heavy atom. The first-order valence-corrected chi connectivity index (χ1v) is 16.4. The van der Waals surface area contributed by atoms with Gasteiger partial charge in [-0.1, -0.05) is 103 Å². The first-order chi connectivity index (χ1) is 23.3. The van der Waals surface area contributed by atoms with Gasteiger partial charge in [0.2, 0.25) is 0 Å². The molecular weight excluding hydrogens is 571 g/mol. The fraction of sp³-hybridized carbons (Fsp3) is 0.0455. The zero-order valence-corrected chi connectivity index (χ0v) is 25.8. The molecule has 0 saturated carbocycles. The van der Waals surface area contributed by atoms with Crippen LogP contribution in [0.5, 0.6) is 0 Å². The Kier molecular flexibility index (Phi) is 5.70. The standard InChI is InChI=1S/C44H31N3/c1-3-15-32(16-4-1)45-39-23-10-7-20-35(39)38-29-31(26-27-42(38)45)30-14-13-19-34(28-30)47-41-25-12-9-22-37(41)43-36-21-8-11-24-40(36)46(44(43)47)33-17-5-2-6-18-33/h1-9,11-22,24-29H,10,23H2. The lowest BCUT2D eigenvalue weighted by Crippen LogP contribution is -2.02. The van der Waals surface area contributed by atoms with Crippen LogP contribution in [0.3, 0.4) is 0 Å². The Balaban J connectivity index is 1.22. The first-order valence-electron chi connectivity index (χ1n) is 16.4. The molecule has 3 nitrogen and oxygen atoms in total. The molecule has 0 atom stereocenters. The predicted octanol–water partition coefficient (Wildman–Crippen LogP) is 11.3. The molecule has 1 aliphatic carbocycles. The molecule has 3 heteroatoms. The van der Waals surface area contributed by atoms with Gasteiger partial charge in [0.05, 0.1) is 16.6 Å². The Hall–Kier alpha value is -6.06. The topological polar surface area (TPSA) is 14.8 Å². The van der Waals surface area contributed by atoms with Gasteiger partial charge in [-0.05, 0) is 84.6 Å². The molecule has 10 rings (SSSR count). The molecule has 0 aliphatic heterocycles. The zero-order valence-electron chi connectivity index (χ0n) is 25.8. The Morgan fingerprint density at radius 1 is 0.426 bits per heavy atom. The number of hydrogen-bond acceptors (Lipinski definition) is 0. The summed E-state index contributed by atoms with van der Waals surface area (Å²) in [4.78, 5) is 0. The summed E-state index contributed by atoms with van der Waals surface area (Å²) in [6.45, 7) is 0. The molecule has 0 fully saturated rings. The Labute approximate surface area is 272 Å². The van der Waals surface area contributed by atoms with Crippen molar-refractivity contribution in [2.24, 2.45) is 0 Å². The highest BCUT2D eigenvalue weighted by Crippen LogP contribution is 2.42. The van der Waals surface area contributed by atoms with Crippen LogP contribution in [0.15, 0.2) is 158 Å². The Bertz CT molecular complexity index is 2660. The van der Waals surface area contributed by atoms with Gasteiger partial charge in [0.15, 0.2) is 0 Å². The van der Waals surface area contributed by atoms with Crippen molar-refractivity contribution >= 4 is 49.8 Å². The number of rotatable bonds is 4. The van der Waals surface area contributed by atoms with Crippen LogP contribution < -0.4 is 0 Å². The normalized spacial score (nSPS) is 12.9. The molecule has 3 heterocycles. The number of allylic oxidation sites excluding steroid dienone is 1. The predicted molar refractivity (Wildman–Crippen MR) is 197 cm³/mol. The average Bonchev–Trinajstić information content (AvgIpc) is 3.78. The molecule has 1 aliphatic rings. The number of benzene rings is 6. The van der Waals surface area contributed by atoms with Crippen molar-refractivity contribution in [2.45, 2.75) is 12.8 Å². The van der Waals surface area contributed by atoms with E-state index in [1.54, 1.807) is 0 Å². The number of fused-ring (bicyclic) bond motifs is 8. The van der Waals surface area contributed by atoms with Crippen molar-refractivity contribution in [3.63, 3.8) is 0 Å². The molecule has 0 unspecified atom stereocenters. The lowest BCUT2D eigenvalue weighted by Gasteiger charge is -2.14. The number of hydrogen-bond donors (Lipinski definition) is 0. The number of para-hydroxylation sites is 4. The molecule has 9 aromatic rings. The van der Waals surface area contributed by atoms with Crippen LogP contribution in [0.25, 0.3) is 78.0 Å². The summed E-state index contributed by atoms with van der Waals surface area (Å²) >= 11 is 0. The van der Waals surface area contributed by atoms with Crippen LogP contribution in [0.1, 0.15) is 17.7 Å². The van der Waals surface area contributed by atoms with E-state index in [1.807, 2.05) is 0 Å². The summed E-state index contributed by atoms with van der Waals surface area (Å²) in [5.41, 5.74) is 13.6. The fourth-order valence-corrected chi connectivity index (χ4v) is 7.90. The van der Waals surface area contributed by atoms with Crippen molar-refractivity contribution in [3.8, 4) is 28.2 Å². The molecule has 0 amide bonds. The summed E-state index contributed by atoms with van der Waals surface area (Å²) in [5, 5.41) is 5.12. The highest BCUT2D eigenvalue weighted by atomic mass is 15.1. The van der Waals surface area contributed by atoms with Gasteiger partial charge in [0, 0.05) is 49.9 Å². The number of aromatic nitrogens is 3. The minimum Gasteiger partial charge on any atom is -0.313 e. The maximum atomic E-state index is 2.46. The van der Waals surface area contributed by atoms with Crippen LogP contribution in [0.2, 0.25) is 0 Å². The van der Waals surface area contributed by atoms with E-state index in [0.29, 0.717) is 0 Å². The smallest absolute Gasteiger partial charge is 0.131 e. The molecule has 0 saturated heterocycles. The third-order valence-corrected chi connectivity index (χ3v) is 9.88. The third-order valence-electron chi connectivity index (χ3n) is 9.88. The minimum atomic E-state index is 1.05. The molecule has 222 valence electrons. The number of nitrogens with zero attached hydrogens (tertiary/aromatic N) is 3. The van der Waals surface area contributed by atoms with Gasteiger partial charge in [0.1, 0.15) is 5.65 Å². The molecule has 3 aromatic heterocycles. The van der Waals surface area contributed by atoms with Gasteiger partial charge in [-0.2, -0.15) is 0 Å². The average molecular weight is 602 g/mol. The van der Waals surface area contributed by atoms with Crippen molar-refractivity contribution < 1.29 is 0 Å². The minimum absolute atomic E-state index is 1.05.